The van der Waals surface area contributed by atoms with E-state index in [4.69, 9.17) is 21.7 Å². The van der Waals surface area contributed by atoms with Gasteiger partial charge < -0.3 is 25.0 Å². The number of rotatable bonds is 9. The number of hydrogen-bond donors (Lipinski definition) is 2. The van der Waals surface area contributed by atoms with Crippen molar-refractivity contribution < 1.29 is 23.9 Å². The number of amides is 1. The number of anilines is 1. The van der Waals surface area contributed by atoms with Gasteiger partial charge in [-0.15, -0.1) is 11.3 Å². The third kappa shape index (κ3) is 6.14. The molecule has 160 valence electrons. The molecule has 8 nitrogen and oxygen atoms in total. The van der Waals surface area contributed by atoms with Crippen molar-refractivity contribution in [2.75, 3.05) is 38.2 Å². The Bertz CT molecular complexity index is 778. The average molecular weight is 442 g/mol. The average Bonchev–Trinajstić information content (AvgIpc) is 3.22. The second-order valence-electron chi connectivity index (χ2n) is 6.42. The molecule has 0 bridgehead atoms. The van der Waals surface area contributed by atoms with Crippen molar-refractivity contribution in [3.63, 3.8) is 0 Å². The highest BCUT2D eigenvalue weighted by Crippen LogP contribution is 2.34. The van der Waals surface area contributed by atoms with Crippen LogP contribution in [0.5, 0.6) is 0 Å². The highest BCUT2D eigenvalue weighted by molar-refractivity contribution is 7.80. The second kappa shape index (κ2) is 11.1. The van der Waals surface area contributed by atoms with E-state index in [-0.39, 0.29) is 24.7 Å². The van der Waals surface area contributed by atoms with Crippen molar-refractivity contribution in [1.29, 1.82) is 0 Å². The maximum atomic E-state index is 12.4. The lowest BCUT2D eigenvalue weighted by Crippen LogP contribution is -2.33. The Labute approximate surface area is 179 Å². The molecule has 0 spiro atoms. The van der Waals surface area contributed by atoms with Crippen LogP contribution in [-0.2, 0) is 14.3 Å². The maximum Gasteiger partial charge on any atom is 0.348 e. The summed E-state index contributed by atoms with van der Waals surface area (Å²) in [7, 11) is 0. The number of nitrogens with one attached hydrogen (secondary N) is 2. The minimum Gasteiger partial charge on any atom is -0.462 e. The third-order valence-corrected chi connectivity index (χ3v) is 5.81. The van der Waals surface area contributed by atoms with Gasteiger partial charge in [0.25, 0.3) is 0 Å². The lowest BCUT2D eigenvalue weighted by Gasteiger charge is -2.16. The van der Waals surface area contributed by atoms with E-state index in [0.29, 0.717) is 40.1 Å². The second-order valence-corrected chi connectivity index (χ2v) is 7.85. The first-order valence-corrected chi connectivity index (χ1v) is 10.9. The lowest BCUT2D eigenvalue weighted by molar-refractivity contribution is -0.127. The van der Waals surface area contributed by atoms with Crippen molar-refractivity contribution in [1.82, 2.24) is 10.2 Å². The molecule has 10 heteroatoms. The van der Waals surface area contributed by atoms with Gasteiger partial charge in [0, 0.05) is 26.1 Å². The van der Waals surface area contributed by atoms with E-state index >= 15 is 0 Å². The fraction of sp³-hybridized carbons (Fsp3) is 0.579. The number of thiocarbonyl (C=S) groups is 1. The quantitative estimate of drug-likeness (QED) is 0.343. The van der Waals surface area contributed by atoms with E-state index in [1.165, 1.54) is 0 Å². The van der Waals surface area contributed by atoms with Gasteiger partial charge in [-0.25, -0.2) is 9.59 Å². The molecule has 2 rings (SSSR count). The molecule has 1 aliphatic heterocycles. The van der Waals surface area contributed by atoms with E-state index in [2.05, 4.69) is 10.6 Å². The molecule has 0 atom stereocenters. The van der Waals surface area contributed by atoms with Crippen LogP contribution in [0.4, 0.5) is 5.00 Å². The van der Waals surface area contributed by atoms with Crippen LogP contribution in [0.1, 0.15) is 58.7 Å². The zero-order valence-electron chi connectivity index (χ0n) is 17.0. The van der Waals surface area contributed by atoms with Gasteiger partial charge >= 0.3 is 11.9 Å². The molecule has 1 aliphatic rings. The van der Waals surface area contributed by atoms with Crippen LogP contribution in [0.2, 0.25) is 0 Å². The molecule has 0 radical (unpaired) electrons. The summed E-state index contributed by atoms with van der Waals surface area (Å²) in [5, 5.41) is 6.84. The minimum absolute atomic E-state index is 0.199. The molecule has 1 aromatic heterocycles. The number of carbonyl (C=O) groups excluding carboxylic acids is 3. The molecule has 1 fully saturated rings. The molecular formula is C19H27N3O5S2. The molecule has 0 aliphatic carbocycles. The van der Waals surface area contributed by atoms with Gasteiger partial charge in [-0.3, -0.25) is 4.79 Å². The summed E-state index contributed by atoms with van der Waals surface area (Å²) < 4.78 is 10.2. The monoisotopic (exact) mass is 441 g/mol. The number of esters is 2. The van der Waals surface area contributed by atoms with Crippen molar-refractivity contribution in [3.8, 4) is 0 Å². The van der Waals surface area contributed by atoms with Crippen LogP contribution >= 0.6 is 23.6 Å². The summed E-state index contributed by atoms with van der Waals surface area (Å²) >= 11 is 6.43. The molecule has 2 N–H and O–H groups in total. The molecule has 0 saturated carbocycles. The van der Waals surface area contributed by atoms with Crippen molar-refractivity contribution >= 4 is 51.5 Å². The summed E-state index contributed by atoms with van der Waals surface area (Å²) in [6.07, 6.45) is 2.31. The van der Waals surface area contributed by atoms with E-state index in [1.807, 2.05) is 4.90 Å². The van der Waals surface area contributed by atoms with Crippen LogP contribution < -0.4 is 10.6 Å². The fourth-order valence-corrected chi connectivity index (χ4v) is 4.36. The largest absolute Gasteiger partial charge is 0.462 e. The maximum absolute atomic E-state index is 12.4. The molecule has 1 saturated heterocycles. The SMILES string of the molecule is CCOC(=O)c1sc(NC(=S)NCCCN2CCCC2=O)c(C(=O)OCC)c1C. The molecule has 0 aromatic carbocycles. The minimum atomic E-state index is -0.519. The van der Waals surface area contributed by atoms with Crippen molar-refractivity contribution in [2.24, 2.45) is 0 Å². The highest BCUT2D eigenvalue weighted by Gasteiger charge is 2.27. The Hall–Kier alpha value is -2.20. The predicted molar refractivity (Wildman–Crippen MR) is 116 cm³/mol. The zero-order valence-corrected chi connectivity index (χ0v) is 18.6. The number of carbonyl (C=O) groups is 3. The van der Waals surface area contributed by atoms with Gasteiger partial charge in [0.15, 0.2) is 5.11 Å². The Balaban J connectivity index is 2.00. The van der Waals surface area contributed by atoms with Gasteiger partial charge in [0.05, 0.1) is 18.8 Å². The van der Waals surface area contributed by atoms with Crippen LogP contribution in [0.15, 0.2) is 0 Å². The predicted octanol–water partition coefficient (Wildman–Crippen LogP) is 2.71. The number of hydrogen-bond acceptors (Lipinski definition) is 7. The first-order chi connectivity index (χ1) is 13.9. The number of thiophene rings is 1. The smallest absolute Gasteiger partial charge is 0.348 e. The molecule has 1 amide bonds. The van der Waals surface area contributed by atoms with Crippen LogP contribution in [0, 0.1) is 6.92 Å². The summed E-state index contributed by atoms with van der Waals surface area (Å²) in [4.78, 5) is 38.4. The summed E-state index contributed by atoms with van der Waals surface area (Å²) in [6.45, 7) is 7.68. The molecule has 1 aromatic rings. The van der Waals surface area contributed by atoms with Crippen LogP contribution in [0.25, 0.3) is 0 Å². The fourth-order valence-electron chi connectivity index (χ4n) is 3.00. The van der Waals surface area contributed by atoms with E-state index < -0.39 is 11.9 Å². The summed E-state index contributed by atoms with van der Waals surface area (Å²) in [5.41, 5.74) is 0.788. The van der Waals surface area contributed by atoms with E-state index in [9.17, 15) is 14.4 Å². The Morgan fingerprint density at radius 3 is 2.52 bits per heavy atom. The number of nitrogens with zero attached hydrogens (tertiary/aromatic N) is 1. The first-order valence-electron chi connectivity index (χ1n) is 9.69. The Morgan fingerprint density at radius 2 is 1.90 bits per heavy atom. The number of likely N-dealkylation sites (tertiary alicyclic amines) is 1. The topological polar surface area (TPSA) is 97.0 Å². The molecule has 2 heterocycles. The number of ether oxygens (including phenoxy) is 2. The van der Waals surface area contributed by atoms with Gasteiger partial charge in [0.1, 0.15) is 9.88 Å². The van der Waals surface area contributed by atoms with Gasteiger partial charge in [0.2, 0.25) is 5.91 Å². The van der Waals surface area contributed by atoms with Gasteiger partial charge in [-0.1, -0.05) is 0 Å². The highest BCUT2D eigenvalue weighted by atomic mass is 32.1. The summed E-state index contributed by atoms with van der Waals surface area (Å²) in [6, 6.07) is 0. The van der Waals surface area contributed by atoms with E-state index in [1.54, 1.807) is 20.8 Å². The third-order valence-electron chi connectivity index (χ3n) is 4.38. The molecular weight excluding hydrogens is 414 g/mol. The van der Waals surface area contributed by atoms with Crippen molar-refractivity contribution in [2.45, 2.75) is 40.0 Å². The standard InChI is InChI=1S/C19H27N3O5S2/c1-4-26-17(24)14-12(3)15(18(25)27-5-2)29-16(14)21-19(28)20-9-7-11-22-10-6-8-13(22)23/h4-11H2,1-3H3,(H2,20,21,28). The summed E-state index contributed by atoms with van der Waals surface area (Å²) in [5.74, 6) is -0.803. The lowest BCUT2D eigenvalue weighted by atomic mass is 10.1. The molecule has 0 unspecified atom stereocenters. The zero-order chi connectivity index (χ0) is 21.4. The Kier molecular flexibility index (Phi) is 8.84. The van der Waals surface area contributed by atoms with Gasteiger partial charge in [-0.2, -0.15) is 0 Å². The van der Waals surface area contributed by atoms with Crippen molar-refractivity contribution in [3.05, 3.63) is 16.0 Å². The Morgan fingerprint density at radius 1 is 1.21 bits per heavy atom. The van der Waals surface area contributed by atoms with Crippen LogP contribution in [-0.4, -0.2) is 60.7 Å². The first kappa shape index (κ1) is 23.1. The van der Waals surface area contributed by atoms with Gasteiger partial charge in [-0.05, 0) is 51.4 Å². The normalized spacial score (nSPS) is 13.3. The van der Waals surface area contributed by atoms with E-state index in [0.717, 1.165) is 30.7 Å². The molecule has 29 heavy (non-hydrogen) atoms. The van der Waals surface area contributed by atoms with Crippen LogP contribution in [0.3, 0.4) is 0 Å².